The van der Waals surface area contributed by atoms with E-state index in [0.29, 0.717) is 23.7 Å². The number of fused-ring (bicyclic) bond motifs is 1. The maximum absolute atomic E-state index is 13.1. The number of anilines is 1. The van der Waals surface area contributed by atoms with Crippen molar-refractivity contribution in [3.63, 3.8) is 0 Å². The second kappa shape index (κ2) is 7.60. The van der Waals surface area contributed by atoms with E-state index in [1.807, 2.05) is 35.8 Å². The van der Waals surface area contributed by atoms with Crippen LogP contribution in [0.5, 0.6) is 0 Å². The quantitative estimate of drug-likeness (QED) is 0.662. The van der Waals surface area contributed by atoms with Crippen LogP contribution in [0.1, 0.15) is 12.5 Å². The van der Waals surface area contributed by atoms with Gasteiger partial charge in [0.15, 0.2) is 11.2 Å². The number of imidazole rings is 1. The van der Waals surface area contributed by atoms with Gasteiger partial charge in [0.05, 0.1) is 12.2 Å². The van der Waals surface area contributed by atoms with E-state index in [4.69, 9.17) is 4.98 Å². The molecule has 1 saturated heterocycles. The number of rotatable bonds is 3. The predicted molar refractivity (Wildman–Crippen MR) is 114 cm³/mol. The normalized spacial score (nSPS) is 14.1. The molecular formula is C21H24N6O2. The molecule has 0 saturated carbocycles. The molecule has 8 heteroatoms. The summed E-state index contributed by atoms with van der Waals surface area (Å²) >= 11 is 0. The second-order valence-electron chi connectivity index (χ2n) is 7.10. The van der Waals surface area contributed by atoms with Gasteiger partial charge in [-0.15, -0.1) is 5.92 Å². The molecule has 1 fully saturated rings. The lowest BCUT2D eigenvalue weighted by atomic mass is 10.2. The van der Waals surface area contributed by atoms with Crippen LogP contribution in [0.25, 0.3) is 16.9 Å². The van der Waals surface area contributed by atoms with E-state index in [2.05, 4.69) is 22.1 Å². The van der Waals surface area contributed by atoms with Crippen LogP contribution in [0.15, 0.2) is 33.9 Å². The Hall–Kier alpha value is -3.31. The highest BCUT2D eigenvalue weighted by Crippen LogP contribution is 2.23. The minimum atomic E-state index is -0.408. The van der Waals surface area contributed by atoms with Crippen molar-refractivity contribution in [1.29, 1.82) is 0 Å². The number of aryl methyl sites for hydroxylation is 1. The monoisotopic (exact) mass is 392 g/mol. The number of piperazine rings is 1. The molecule has 0 atom stereocenters. The van der Waals surface area contributed by atoms with Gasteiger partial charge in [-0.05, 0) is 25.5 Å². The van der Waals surface area contributed by atoms with Gasteiger partial charge in [-0.2, -0.15) is 4.98 Å². The summed E-state index contributed by atoms with van der Waals surface area (Å²) < 4.78 is 4.52. The van der Waals surface area contributed by atoms with Gasteiger partial charge >= 0.3 is 5.69 Å². The molecule has 0 aliphatic carbocycles. The lowest BCUT2D eigenvalue weighted by Gasteiger charge is -2.28. The Morgan fingerprint density at radius 1 is 1.17 bits per heavy atom. The Kier molecular flexibility index (Phi) is 4.99. The van der Waals surface area contributed by atoms with Crippen molar-refractivity contribution in [2.45, 2.75) is 20.4 Å². The van der Waals surface area contributed by atoms with Crippen molar-refractivity contribution >= 4 is 17.1 Å². The summed E-state index contributed by atoms with van der Waals surface area (Å²) in [6.07, 6.45) is 0. The van der Waals surface area contributed by atoms with Crippen molar-refractivity contribution in [3.8, 4) is 17.5 Å². The molecule has 0 radical (unpaired) electrons. The van der Waals surface area contributed by atoms with Crippen LogP contribution in [0.2, 0.25) is 0 Å². The van der Waals surface area contributed by atoms with Gasteiger partial charge in [0.2, 0.25) is 5.95 Å². The van der Waals surface area contributed by atoms with Gasteiger partial charge in [0.1, 0.15) is 0 Å². The van der Waals surface area contributed by atoms with Crippen molar-refractivity contribution < 1.29 is 0 Å². The summed E-state index contributed by atoms with van der Waals surface area (Å²) in [4.78, 5) is 33.2. The molecule has 0 spiro atoms. The lowest BCUT2D eigenvalue weighted by Crippen LogP contribution is -2.44. The molecule has 8 nitrogen and oxygen atoms in total. The molecule has 1 aliphatic heterocycles. The Labute approximate surface area is 168 Å². The lowest BCUT2D eigenvalue weighted by molar-refractivity contribution is 0.573. The topological polar surface area (TPSA) is 77.1 Å². The third-order valence-corrected chi connectivity index (χ3v) is 5.30. The maximum Gasteiger partial charge on any atom is 0.337 e. The van der Waals surface area contributed by atoms with E-state index >= 15 is 0 Å². The average molecular weight is 392 g/mol. The van der Waals surface area contributed by atoms with Crippen molar-refractivity contribution in [2.75, 3.05) is 31.1 Å². The van der Waals surface area contributed by atoms with E-state index in [1.165, 1.54) is 11.6 Å². The SMILES string of the molecule is CC#CCn1c(N2CCNCC2)nc2c1c(=O)n(C)c(=O)n2-c1ccccc1C. The van der Waals surface area contributed by atoms with Gasteiger partial charge in [0.25, 0.3) is 5.56 Å². The number of aromatic nitrogens is 4. The summed E-state index contributed by atoms with van der Waals surface area (Å²) in [5, 5.41) is 3.33. The number of para-hydroxylation sites is 1. The third-order valence-electron chi connectivity index (χ3n) is 5.30. The highest BCUT2D eigenvalue weighted by Gasteiger charge is 2.25. The average Bonchev–Trinajstić information content (AvgIpc) is 3.12. The zero-order chi connectivity index (χ0) is 20.5. The number of nitrogens with one attached hydrogen (secondary N) is 1. The zero-order valence-electron chi connectivity index (χ0n) is 16.9. The van der Waals surface area contributed by atoms with Crippen molar-refractivity contribution in [3.05, 3.63) is 50.7 Å². The highest BCUT2D eigenvalue weighted by molar-refractivity contribution is 5.77. The maximum atomic E-state index is 13.1. The van der Waals surface area contributed by atoms with Crippen LogP contribution in [0, 0.1) is 18.8 Å². The molecule has 1 aliphatic rings. The van der Waals surface area contributed by atoms with Crippen LogP contribution in [0.3, 0.4) is 0 Å². The molecule has 1 N–H and O–H groups in total. The van der Waals surface area contributed by atoms with Crippen LogP contribution >= 0.6 is 0 Å². The van der Waals surface area contributed by atoms with Crippen molar-refractivity contribution in [2.24, 2.45) is 7.05 Å². The van der Waals surface area contributed by atoms with E-state index < -0.39 is 5.69 Å². The molecule has 0 bridgehead atoms. The summed E-state index contributed by atoms with van der Waals surface area (Å²) in [5.74, 6) is 6.62. The fourth-order valence-electron chi connectivity index (χ4n) is 3.73. The first kappa shape index (κ1) is 19.0. The number of nitrogens with zero attached hydrogens (tertiary/aromatic N) is 5. The Balaban J connectivity index is 2.11. The zero-order valence-corrected chi connectivity index (χ0v) is 16.9. The van der Waals surface area contributed by atoms with E-state index in [1.54, 1.807) is 6.92 Å². The highest BCUT2D eigenvalue weighted by atomic mass is 16.2. The molecule has 29 heavy (non-hydrogen) atoms. The number of hydrogen-bond acceptors (Lipinski definition) is 5. The minimum Gasteiger partial charge on any atom is -0.340 e. The van der Waals surface area contributed by atoms with Crippen LogP contribution in [-0.4, -0.2) is 44.9 Å². The Bertz CT molecular complexity index is 1250. The molecule has 150 valence electrons. The third kappa shape index (κ3) is 3.13. The van der Waals surface area contributed by atoms with E-state index in [-0.39, 0.29) is 5.56 Å². The molecule has 0 unspecified atom stereocenters. The Morgan fingerprint density at radius 2 is 1.90 bits per heavy atom. The van der Waals surface area contributed by atoms with Crippen LogP contribution in [-0.2, 0) is 13.6 Å². The molecule has 2 aromatic heterocycles. The first-order valence-corrected chi connectivity index (χ1v) is 9.68. The summed E-state index contributed by atoms with van der Waals surface area (Å²) in [5.41, 5.74) is 1.65. The summed E-state index contributed by atoms with van der Waals surface area (Å²) in [7, 11) is 1.51. The first-order valence-electron chi connectivity index (χ1n) is 9.68. The number of hydrogen-bond donors (Lipinski definition) is 1. The smallest absolute Gasteiger partial charge is 0.337 e. The van der Waals surface area contributed by atoms with Crippen molar-refractivity contribution in [1.82, 2.24) is 24.0 Å². The summed E-state index contributed by atoms with van der Waals surface area (Å²) in [6.45, 7) is 7.28. The fraction of sp³-hybridized carbons (Fsp3) is 0.381. The van der Waals surface area contributed by atoms with Gasteiger partial charge in [0, 0.05) is 33.2 Å². The largest absolute Gasteiger partial charge is 0.340 e. The molecule has 1 aromatic carbocycles. The van der Waals surface area contributed by atoms with Gasteiger partial charge in [-0.3, -0.25) is 13.9 Å². The molecular weight excluding hydrogens is 368 g/mol. The molecule has 4 rings (SSSR count). The molecule has 3 aromatic rings. The summed E-state index contributed by atoms with van der Waals surface area (Å²) in [6, 6.07) is 7.61. The van der Waals surface area contributed by atoms with Gasteiger partial charge < -0.3 is 10.2 Å². The van der Waals surface area contributed by atoms with Crippen LogP contribution in [0.4, 0.5) is 5.95 Å². The predicted octanol–water partition coefficient (Wildman–Crippen LogP) is 0.627. The first-order chi connectivity index (χ1) is 14.0. The fourth-order valence-corrected chi connectivity index (χ4v) is 3.73. The van der Waals surface area contributed by atoms with E-state index in [9.17, 15) is 9.59 Å². The van der Waals surface area contributed by atoms with Gasteiger partial charge in [-0.25, -0.2) is 9.36 Å². The van der Waals surface area contributed by atoms with Gasteiger partial charge in [-0.1, -0.05) is 24.1 Å². The van der Waals surface area contributed by atoms with E-state index in [0.717, 1.165) is 42.0 Å². The minimum absolute atomic E-state index is 0.341. The standard InChI is InChI=1S/C21H24N6O2/c1-4-5-12-26-17-18(23-20(26)25-13-10-22-11-14-25)27(21(29)24(3)19(17)28)16-9-7-6-8-15(16)2/h6-9,22H,10-14H2,1-3H3. The molecule has 3 heterocycles. The number of benzene rings is 1. The second-order valence-corrected chi connectivity index (χ2v) is 7.10. The van der Waals surface area contributed by atoms with Crippen LogP contribution < -0.4 is 21.5 Å². The molecule has 0 amide bonds. The Morgan fingerprint density at radius 3 is 2.59 bits per heavy atom.